The Morgan fingerprint density at radius 2 is 1.92 bits per heavy atom. The van der Waals surface area contributed by atoms with Gasteiger partial charge in [-0.2, -0.15) is 0 Å². The third-order valence-electron chi connectivity index (χ3n) is 4.13. The molecule has 0 atom stereocenters. The zero-order valence-corrected chi connectivity index (χ0v) is 14.5. The van der Waals surface area contributed by atoms with Crippen molar-refractivity contribution in [1.82, 2.24) is 14.9 Å². The van der Waals surface area contributed by atoms with Gasteiger partial charge < -0.3 is 15.2 Å². The van der Waals surface area contributed by atoms with Crippen molar-refractivity contribution in [2.24, 2.45) is 0 Å². The van der Waals surface area contributed by atoms with Crippen molar-refractivity contribution in [3.63, 3.8) is 0 Å². The molecule has 0 unspecified atom stereocenters. The summed E-state index contributed by atoms with van der Waals surface area (Å²) in [5.74, 6) is 0. The molecule has 0 aliphatic heterocycles. The number of urea groups is 1. The van der Waals surface area contributed by atoms with Crippen LogP contribution in [-0.4, -0.2) is 15.6 Å². The molecule has 5 heteroatoms. The lowest BCUT2D eigenvalue weighted by atomic mass is 10.1. The molecule has 25 heavy (non-hydrogen) atoms. The normalized spacial score (nSPS) is 10.5. The molecule has 0 spiro atoms. The van der Waals surface area contributed by atoms with Gasteiger partial charge >= 0.3 is 6.03 Å². The molecule has 2 N–H and O–H groups in total. The van der Waals surface area contributed by atoms with E-state index in [2.05, 4.69) is 34.7 Å². The van der Waals surface area contributed by atoms with Crippen LogP contribution in [0.1, 0.15) is 22.3 Å². The molecule has 128 valence electrons. The van der Waals surface area contributed by atoms with Gasteiger partial charge in [0.25, 0.3) is 0 Å². The number of carbonyl (C=O) groups is 1. The van der Waals surface area contributed by atoms with Crippen molar-refractivity contribution >= 4 is 11.7 Å². The SMILES string of the molecule is Cc1ccc(NC(=O)NCc2cccc(Cn3ccnc3)c2)cc1C. The molecule has 2 aromatic carbocycles. The first kappa shape index (κ1) is 16.8. The fraction of sp³-hybridized carbons (Fsp3) is 0.200. The van der Waals surface area contributed by atoms with Gasteiger partial charge in [0.05, 0.1) is 6.33 Å². The summed E-state index contributed by atoms with van der Waals surface area (Å²) in [5, 5.41) is 5.77. The maximum Gasteiger partial charge on any atom is 0.319 e. The quantitative estimate of drug-likeness (QED) is 0.744. The molecular weight excluding hydrogens is 312 g/mol. The summed E-state index contributed by atoms with van der Waals surface area (Å²) in [6.07, 6.45) is 5.49. The lowest BCUT2D eigenvalue weighted by molar-refractivity contribution is 0.251. The van der Waals surface area contributed by atoms with E-state index in [0.717, 1.165) is 23.4 Å². The number of anilines is 1. The molecule has 0 bridgehead atoms. The largest absolute Gasteiger partial charge is 0.334 e. The zero-order chi connectivity index (χ0) is 17.6. The molecule has 0 saturated heterocycles. The van der Waals surface area contributed by atoms with Crippen LogP contribution in [0.5, 0.6) is 0 Å². The summed E-state index contributed by atoms with van der Waals surface area (Å²) >= 11 is 0. The number of benzene rings is 2. The van der Waals surface area contributed by atoms with Gasteiger partial charge in [0.2, 0.25) is 0 Å². The molecule has 3 aromatic rings. The highest BCUT2D eigenvalue weighted by molar-refractivity contribution is 5.89. The fourth-order valence-electron chi connectivity index (χ4n) is 2.61. The summed E-state index contributed by atoms with van der Waals surface area (Å²) in [4.78, 5) is 16.1. The van der Waals surface area contributed by atoms with Crippen LogP contribution >= 0.6 is 0 Å². The van der Waals surface area contributed by atoms with Gasteiger partial charge in [0.15, 0.2) is 0 Å². The predicted molar refractivity (Wildman–Crippen MR) is 99.5 cm³/mol. The number of aromatic nitrogens is 2. The summed E-state index contributed by atoms with van der Waals surface area (Å²) < 4.78 is 2.01. The molecule has 3 rings (SSSR count). The smallest absolute Gasteiger partial charge is 0.319 e. The minimum atomic E-state index is -0.205. The molecule has 0 fully saturated rings. The van der Waals surface area contributed by atoms with Gasteiger partial charge in [0.1, 0.15) is 0 Å². The summed E-state index contributed by atoms with van der Waals surface area (Å²) in [6.45, 7) is 5.33. The van der Waals surface area contributed by atoms with Crippen LogP contribution in [0.2, 0.25) is 0 Å². The second-order valence-electron chi connectivity index (χ2n) is 6.16. The Morgan fingerprint density at radius 3 is 2.68 bits per heavy atom. The van der Waals surface area contributed by atoms with Crippen LogP contribution in [0.25, 0.3) is 0 Å². The van der Waals surface area contributed by atoms with E-state index >= 15 is 0 Å². The lowest BCUT2D eigenvalue weighted by Crippen LogP contribution is -2.28. The first-order valence-corrected chi connectivity index (χ1v) is 8.26. The van der Waals surface area contributed by atoms with E-state index in [1.165, 1.54) is 11.1 Å². The van der Waals surface area contributed by atoms with Crippen LogP contribution in [0.15, 0.2) is 61.2 Å². The minimum absolute atomic E-state index is 0.205. The maximum absolute atomic E-state index is 12.1. The van der Waals surface area contributed by atoms with Crippen molar-refractivity contribution < 1.29 is 4.79 Å². The molecule has 0 radical (unpaired) electrons. The topological polar surface area (TPSA) is 59.0 Å². The standard InChI is InChI=1S/C20H22N4O/c1-15-6-7-19(10-16(15)2)23-20(25)22-12-17-4-3-5-18(11-17)13-24-9-8-21-14-24/h3-11,14H,12-13H2,1-2H3,(H2,22,23,25). The predicted octanol–water partition coefficient (Wildman–Crippen LogP) is 3.87. The molecule has 1 heterocycles. The monoisotopic (exact) mass is 334 g/mol. The Bertz CT molecular complexity index is 856. The second kappa shape index (κ2) is 7.66. The van der Waals surface area contributed by atoms with Crippen molar-refractivity contribution in [1.29, 1.82) is 0 Å². The van der Waals surface area contributed by atoms with Crippen LogP contribution in [0.3, 0.4) is 0 Å². The number of imidazole rings is 1. The van der Waals surface area contributed by atoms with E-state index in [9.17, 15) is 4.79 Å². The average Bonchev–Trinajstić information content (AvgIpc) is 3.10. The first-order valence-electron chi connectivity index (χ1n) is 8.26. The van der Waals surface area contributed by atoms with Gasteiger partial charge in [-0.1, -0.05) is 30.3 Å². The summed E-state index contributed by atoms with van der Waals surface area (Å²) in [5.41, 5.74) is 5.40. The highest BCUT2D eigenvalue weighted by atomic mass is 16.2. The molecule has 0 aliphatic rings. The van der Waals surface area contributed by atoms with E-state index in [1.54, 1.807) is 12.5 Å². The van der Waals surface area contributed by atoms with Gasteiger partial charge in [-0.05, 0) is 48.2 Å². The number of rotatable bonds is 5. The average molecular weight is 334 g/mol. The van der Waals surface area contributed by atoms with Gasteiger partial charge in [0, 0.05) is 31.2 Å². The molecule has 0 aliphatic carbocycles. The minimum Gasteiger partial charge on any atom is -0.334 e. The van der Waals surface area contributed by atoms with E-state index in [-0.39, 0.29) is 6.03 Å². The molecule has 0 saturated carbocycles. The third-order valence-corrected chi connectivity index (χ3v) is 4.13. The number of nitrogens with one attached hydrogen (secondary N) is 2. The van der Waals surface area contributed by atoms with E-state index in [0.29, 0.717) is 6.54 Å². The van der Waals surface area contributed by atoms with Gasteiger partial charge in [-0.3, -0.25) is 0 Å². The highest BCUT2D eigenvalue weighted by Gasteiger charge is 2.04. The number of hydrogen-bond donors (Lipinski definition) is 2. The molecule has 5 nitrogen and oxygen atoms in total. The number of amides is 2. The molecule has 1 aromatic heterocycles. The summed E-state index contributed by atoms with van der Waals surface area (Å²) in [6, 6.07) is 13.9. The molecule has 2 amide bonds. The second-order valence-corrected chi connectivity index (χ2v) is 6.16. The van der Waals surface area contributed by atoms with Crippen LogP contribution in [0, 0.1) is 13.8 Å². The Kier molecular flexibility index (Phi) is 5.14. The Morgan fingerprint density at radius 1 is 1.08 bits per heavy atom. The third kappa shape index (κ3) is 4.70. The highest BCUT2D eigenvalue weighted by Crippen LogP contribution is 2.14. The maximum atomic E-state index is 12.1. The Hall–Kier alpha value is -3.08. The lowest BCUT2D eigenvalue weighted by Gasteiger charge is -2.10. The van der Waals surface area contributed by atoms with Crippen molar-refractivity contribution in [3.05, 3.63) is 83.4 Å². The zero-order valence-electron chi connectivity index (χ0n) is 14.5. The number of aryl methyl sites for hydroxylation is 2. The number of nitrogens with zero attached hydrogens (tertiary/aromatic N) is 2. The number of hydrogen-bond acceptors (Lipinski definition) is 2. The first-order chi connectivity index (χ1) is 12.1. The van der Waals surface area contributed by atoms with E-state index < -0.39 is 0 Å². The number of carbonyl (C=O) groups excluding carboxylic acids is 1. The van der Waals surface area contributed by atoms with Gasteiger partial charge in [-0.15, -0.1) is 0 Å². The summed E-state index contributed by atoms with van der Waals surface area (Å²) in [7, 11) is 0. The van der Waals surface area contributed by atoms with Gasteiger partial charge in [-0.25, -0.2) is 9.78 Å². The van der Waals surface area contributed by atoms with Crippen molar-refractivity contribution in [2.45, 2.75) is 26.9 Å². The van der Waals surface area contributed by atoms with Crippen LogP contribution in [0.4, 0.5) is 10.5 Å². The van der Waals surface area contributed by atoms with Crippen molar-refractivity contribution in [3.8, 4) is 0 Å². The Balaban J connectivity index is 1.55. The van der Waals surface area contributed by atoms with E-state index in [1.807, 2.05) is 48.0 Å². The van der Waals surface area contributed by atoms with Crippen LogP contribution < -0.4 is 10.6 Å². The van der Waals surface area contributed by atoms with Crippen molar-refractivity contribution in [2.75, 3.05) is 5.32 Å². The van der Waals surface area contributed by atoms with Crippen LogP contribution in [-0.2, 0) is 13.1 Å². The Labute approximate surface area is 147 Å². The molecular formula is C20H22N4O. The van der Waals surface area contributed by atoms with E-state index in [4.69, 9.17) is 0 Å². The fourth-order valence-corrected chi connectivity index (χ4v) is 2.61.